The van der Waals surface area contributed by atoms with Gasteiger partial charge in [0.2, 0.25) is 0 Å². The molecule has 0 aliphatic carbocycles. The molecule has 2 aromatic carbocycles. The van der Waals surface area contributed by atoms with E-state index in [1.165, 1.54) is 22.8 Å². The highest BCUT2D eigenvalue weighted by Gasteiger charge is 2.15. The Balaban J connectivity index is 1.76. The molecule has 0 spiro atoms. The zero-order chi connectivity index (χ0) is 21.4. The van der Waals surface area contributed by atoms with Gasteiger partial charge in [-0.1, -0.05) is 6.07 Å². The molecule has 0 aliphatic heterocycles. The SMILES string of the molecule is Cc1ccc(C(=O)Nc2cc(-n3c(C)nc4ncccc4c3=O)ccc2F)cc1C. The van der Waals surface area contributed by atoms with Crippen molar-refractivity contribution in [3.05, 3.63) is 93.4 Å². The molecule has 0 saturated heterocycles. The van der Waals surface area contributed by atoms with E-state index >= 15 is 0 Å². The number of anilines is 1. The van der Waals surface area contributed by atoms with E-state index in [4.69, 9.17) is 0 Å². The van der Waals surface area contributed by atoms with E-state index in [0.717, 1.165) is 11.1 Å². The molecule has 1 amide bonds. The van der Waals surface area contributed by atoms with Crippen LogP contribution in [-0.4, -0.2) is 20.4 Å². The fourth-order valence-corrected chi connectivity index (χ4v) is 3.25. The molecule has 30 heavy (non-hydrogen) atoms. The van der Waals surface area contributed by atoms with Crippen molar-refractivity contribution in [2.75, 3.05) is 5.32 Å². The number of nitrogens with one attached hydrogen (secondary N) is 1. The third-order valence-electron chi connectivity index (χ3n) is 5.04. The molecule has 0 fully saturated rings. The van der Waals surface area contributed by atoms with Crippen LogP contribution >= 0.6 is 0 Å². The Labute approximate surface area is 172 Å². The van der Waals surface area contributed by atoms with E-state index in [2.05, 4.69) is 15.3 Å². The minimum atomic E-state index is -0.600. The zero-order valence-corrected chi connectivity index (χ0v) is 16.7. The van der Waals surface area contributed by atoms with Crippen molar-refractivity contribution in [1.82, 2.24) is 14.5 Å². The maximum absolute atomic E-state index is 14.4. The smallest absolute Gasteiger partial charge is 0.267 e. The quantitative estimate of drug-likeness (QED) is 0.560. The number of nitrogens with zero attached hydrogens (tertiary/aromatic N) is 3. The van der Waals surface area contributed by atoms with Crippen molar-refractivity contribution >= 4 is 22.6 Å². The van der Waals surface area contributed by atoms with Crippen molar-refractivity contribution in [1.29, 1.82) is 0 Å². The maximum Gasteiger partial charge on any atom is 0.267 e. The van der Waals surface area contributed by atoms with Gasteiger partial charge in [-0.15, -0.1) is 0 Å². The molecule has 0 atom stereocenters. The van der Waals surface area contributed by atoms with Gasteiger partial charge in [-0.25, -0.2) is 14.4 Å². The lowest BCUT2D eigenvalue weighted by Crippen LogP contribution is -2.23. The van der Waals surface area contributed by atoms with Crippen molar-refractivity contribution in [3.63, 3.8) is 0 Å². The summed E-state index contributed by atoms with van der Waals surface area (Å²) in [4.78, 5) is 34.1. The largest absolute Gasteiger partial charge is 0.319 e. The molecule has 0 radical (unpaired) electrons. The van der Waals surface area contributed by atoms with Gasteiger partial charge in [0.25, 0.3) is 11.5 Å². The van der Waals surface area contributed by atoms with Gasteiger partial charge in [-0.3, -0.25) is 14.2 Å². The van der Waals surface area contributed by atoms with Gasteiger partial charge in [-0.05, 0) is 74.4 Å². The number of halogens is 1. The Bertz CT molecular complexity index is 1360. The number of carbonyl (C=O) groups is 1. The Morgan fingerprint density at radius 1 is 1.03 bits per heavy atom. The predicted molar refractivity (Wildman–Crippen MR) is 114 cm³/mol. The molecule has 1 N–H and O–H groups in total. The average Bonchev–Trinajstić information content (AvgIpc) is 2.72. The first-order chi connectivity index (χ1) is 14.3. The number of amides is 1. The Morgan fingerprint density at radius 3 is 2.60 bits per heavy atom. The van der Waals surface area contributed by atoms with E-state index < -0.39 is 11.7 Å². The predicted octanol–water partition coefficient (Wildman–Crippen LogP) is 4.10. The van der Waals surface area contributed by atoms with Gasteiger partial charge in [-0.2, -0.15) is 0 Å². The summed E-state index contributed by atoms with van der Waals surface area (Å²) in [7, 11) is 0. The average molecular weight is 402 g/mol. The number of aromatic nitrogens is 3. The molecule has 0 aliphatic rings. The summed E-state index contributed by atoms with van der Waals surface area (Å²) in [6, 6.07) is 12.7. The van der Waals surface area contributed by atoms with Crippen molar-refractivity contribution in [3.8, 4) is 5.69 Å². The second kappa shape index (κ2) is 7.51. The van der Waals surface area contributed by atoms with Crippen LogP contribution in [0.25, 0.3) is 16.7 Å². The van der Waals surface area contributed by atoms with Gasteiger partial charge < -0.3 is 5.32 Å². The van der Waals surface area contributed by atoms with Crippen LogP contribution in [0.4, 0.5) is 10.1 Å². The number of benzene rings is 2. The summed E-state index contributed by atoms with van der Waals surface area (Å²) in [6.45, 7) is 5.53. The van der Waals surface area contributed by atoms with Gasteiger partial charge in [0, 0.05) is 11.8 Å². The lowest BCUT2D eigenvalue weighted by Gasteiger charge is -2.13. The molecular formula is C23H19FN4O2. The van der Waals surface area contributed by atoms with Gasteiger partial charge in [0.05, 0.1) is 16.8 Å². The first-order valence-corrected chi connectivity index (χ1v) is 9.38. The second-order valence-corrected chi connectivity index (χ2v) is 7.09. The summed E-state index contributed by atoms with van der Waals surface area (Å²) < 4.78 is 15.8. The minimum absolute atomic E-state index is 0.0201. The molecule has 4 rings (SSSR count). The van der Waals surface area contributed by atoms with Crippen LogP contribution < -0.4 is 10.9 Å². The number of rotatable bonds is 3. The number of hydrogen-bond donors (Lipinski definition) is 1. The Morgan fingerprint density at radius 2 is 1.83 bits per heavy atom. The van der Waals surface area contributed by atoms with Gasteiger partial charge in [0.1, 0.15) is 11.6 Å². The van der Waals surface area contributed by atoms with E-state index in [0.29, 0.717) is 28.1 Å². The zero-order valence-electron chi connectivity index (χ0n) is 16.7. The highest BCUT2D eigenvalue weighted by Crippen LogP contribution is 2.21. The third-order valence-corrected chi connectivity index (χ3v) is 5.04. The van der Waals surface area contributed by atoms with Crippen LogP contribution in [0, 0.1) is 26.6 Å². The molecule has 0 unspecified atom stereocenters. The summed E-state index contributed by atoms with van der Waals surface area (Å²) in [5.74, 6) is -0.625. The monoisotopic (exact) mass is 402 g/mol. The van der Waals surface area contributed by atoms with Crippen molar-refractivity contribution in [2.24, 2.45) is 0 Å². The highest BCUT2D eigenvalue weighted by atomic mass is 19.1. The first kappa shape index (κ1) is 19.4. The molecule has 0 bridgehead atoms. The Hall–Kier alpha value is -3.87. The molecule has 4 aromatic rings. The van der Waals surface area contributed by atoms with Crippen LogP contribution in [-0.2, 0) is 0 Å². The molecule has 2 aromatic heterocycles. The Kier molecular flexibility index (Phi) is 4.87. The number of pyridine rings is 1. The van der Waals surface area contributed by atoms with E-state index in [-0.39, 0.29) is 11.2 Å². The molecule has 150 valence electrons. The van der Waals surface area contributed by atoms with E-state index in [1.807, 2.05) is 19.9 Å². The minimum Gasteiger partial charge on any atom is -0.319 e. The lowest BCUT2D eigenvalue weighted by molar-refractivity contribution is 0.102. The van der Waals surface area contributed by atoms with E-state index in [1.54, 1.807) is 37.4 Å². The normalized spacial score (nSPS) is 10.9. The molecular weight excluding hydrogens is 383 g/mol. The van der Waals surface area contributed by atoms with Gasteiger partial charge in [0.15, 0.2) is 5.65 Å². The molecule has 7 heteroatoms. The standard InChI is InChI=1S/C23H19FN4O2/c1-13-6-7-16(11-14(13)2)22(29)27-20-12-17(8-9-19(20)24)28-15(3)26-21-18(23(28)30)5-4-10-25-21/h4-12H,1-3H3,(H,27,29). The van der Waals surface area contributed by atoms with Crippen LogP contribution in [0.15, 0.2) is 59.5 Å². The fraction of sp³-hybridized carbons (Fsp3) is 0.130. The first-order valence-electron chi connectivity index (χ1n) is 9.38. The number of fused-ring (bicyclic) bond motifs is 1. The summed E-state index contributed by atoms with van der Waals surface area (Å²) in [5.41, 5.74) is 2.86. The van der Waals surface area contributed by atoms with Crippen LogP contribution in [0.2, 0.25) is 0 Å². The van der Waals surface area contributed by atoms with Crippen LogP contribution in [0.3, 0.4) is 0 Å². The molecule has 2 heterocycles. The summed E-state index contributed by atoms with van der Waals surface area (Å²) >= 11 is 0. The highest BCUT2D eigenvalue weighted by molar-refractivity contribution is 6.04. The molecule has 0 saturated carbocycles. The summed E-state index contributed by atoms with van der Waals surface area (Å²) in [6.07, 6.45) is 1.57. The fourth-order valence-electron chi connectivity index (χ4n) is 3.25. The van der Waals surface area contributed by atoms with E-state index in [9.17, 15) is 14.0 Å². The van der Waals surface area contributed by atoms with Gasteiger partial charge >= 0.3 is 0 Å². The third kappa shape index (κ3) is 3.45. The summed E-state index contributed by atoms with van der Waals surface area (Å²) in [5, 5.41) is 2.95. The second-order valence-electron chi connectivity index (χ2n) is 7.09. The number of hydrogen-bond acceptors (Lipinski definition) is 4. The van der Waals surface area contributed by atoms with Crippen molar-refractivity contribution in [2.45, 2.75) is 20.8 Å². The molecule has 6 nitrogen and oxygen atoms in total. The van der Waals surface area contributed by atoms with Crippen molar-refractivity contribution < 1.29 is 9.18 Å². The maximum atomic E-state index is 14.4. The number of carbonyl (C=O) groups excluding carboxylic acids is 1. The lowest BCUT2D eigenvalue weighted by atomic mass is 10.1. The van der Waals surface area contributed by atoms with Crippen LogP contribution in [0.5, 0.6) is 0 Å². The number of aryl methyl sites for hydroxylation is 3. The topological polar surface area (TPSA) is 76.9 Å². The van der Waals surface area contributed by atoms with Crippen LogP contribution in [0.1, 0.15) is 27.3 Å².